The largest absolute Gasteiger partial charge is 0.307 e. The average molecular weight is 469 g/mol. The highest BCUT2D eigenvalue weighted by atomic mass is 32.2. The lowest BCUT2D eigenvalue weighted by Gasteiger charge is -2.18. The van der Waals surface area contributed by atoms with E-state index >= 15 is 0 Å². The van der Waals surface area contributed by atoms with Crippen LogP contribution in [0, 0.1) is 0 Å². The fourth-order valence-corrected chi connectivity index (χ4v) is 5.07. The van der Waals surface area contributed by atoms with Gasteiger partial charge in [0.1, 0.15) is 0 Å². The first kappa shape index (κ1) is 31.8. The van der Waals surface area contributed by atoms with Gasteiger partial charge in [-0.05, 0) is 31.2 Å². The van der Waals surface area contributed by atoms with Crippen LogP contribution >= 0.6 is 11.9 Å². The normalized spacial score (nSPS) is 11.6. The van der Waals surface area contributed by atoms with Crippen molar-refractivity contribution in [3.8, 4) is 0 Å². The molecular formula is C29H60N2S. The van der Waals surface area contributed by atoms with Gasteiger partial charge in [-0.25, -0.2) is 0 Å². The molecule has 0 aliphatic carbocycles. The van der Waals surface area contributed by atoms with Gasteiger partial charge >= 0.3 is 0 Å². The van der Waals surface area contributed by atoms with Crippen LogP contribution < -0.4 is 0 Å². The highest BCUT2D eigenvalue weighted by molar-refractivity contribution is 7.97. The van der Waals surface area contributed by atoms with Crippen molar-refractivity contribution < 1.29 is 0 Å². The van der Waals surface area contributed by atoms with Crippen molar-refractivity contribution in [2.45, 2.75) is 162 Å². The molecule has 0 N–H and O–H groups in total. The molecule has 0 aromatic rings. The van der Waals surface area contributed by atoms with E-state index < -0.39 is 0 Å². The maximum absolute atomic E-state index is 4.78. The summed E-state index contributed by atoms with van der Waals surface area (Å²) in [6.07, 6.45) is 32.7. The summed E-state index contributed by atoms with van der Waals surface area (Å²) in [7, 11) is 0. The summed E-state index contributed by atoms with van der Waals surface area (Å²) in [6, 6.07) is 0. The summed E-state index contributed by atoms with van der Waals surface area (Å²) in [5.41, 5.74) is 0. The molecule has 32 heavy (non-hydrogen) atoms. The van der Waals surface area contributed by atoms with Gasteiger partial charge in [0.25, 0.3) is 0 Å². The van der Waals surface area contributed by atoms with Gasteiger partial charge in [-0.3, -0.25) is 4.99 Å². The molecule has 0 heterocycles. The second kappa shape index (κ2) is 28.9. The van der Waals surface area contributed by atoms with Crippen LogP contribution in [0.1, 0.15) is 162 Å². The monoisotopic (exact) mass is 468 g/mol. The van der Waals surface area contributed by atoms with E-state index in [1.54, 1.807) is 0 Å². The highest BCUT2D eigenvalue weighted by Gasteiger charge is 2.02. The summed E-state index contributed by atoms with van der Waals surface area (Å²) in [5.74, 6) is 1.26. The average Bonchev–Trinajstić information content (AvgIpc) is 2.80. The molecule has 0 atom stereocenters. The van der Waals surface area contributed by atoms with Crippen molar-refractivity contribution in [1.29, 1.82) is 0 Å². The number of nitrogens with zero attached hydrogens (tertiary/aromatic N) is 2. The molecule has 0 saturated carbocycles. The topological polar surface area (TPSA) is 15.6 Å². The third kappa shape index (κ3) is 26.1. The summed E-state index contributed by atoms with van der Waals surface area (Å²) in [6.45, 7) is 9.08. The number of aliphatic imine (C=N–C) groups is 1. The minimum atomic E-state index is 1.01. The molecule has 3 heteroatoms. The molecule has 0 rings (SSSR count). The number of hydrogen-bond donors (Lipinski definition) is 0. The minimum Gasteiger partial charge on any atom is -0.307 e. The first-order chi connectivity index (χ1) is 15.8. The molecule has 0 aliphatic rings. The number of unbranched alkanes of at least 4 members (excludes halogenated alkanes) is 19. The second-order valence-electron chi connectivity index (χ2n) is 9.71. The molecule has 0 radical (unpaired) electrons. The summed E-state index contributed by atoms with van der Waals surface area (Å²) < 4.78 is 2.45. The van der Waals surface area contributed by atoms with Crippen molar-refractivity contribution in [1.82, 2.24) is 4.31 Å². The lowest BCUT2D eigenvalue weighted by molar-refractivity contribution is 0.550. The van der Waals surface area contributed by atoms with Crippen LogP contribution in [-0.2, 0) is 0 Å². The van der Waals surface area contributed by atoms with E-state index in [0.717, 1.165) is 6.54 Å². The van der Waals surface area contributed by atoms with E-state index in [9.17, 15) is 0 Å². The molecule has 0 saturated heterocycles. The smallest absolute Gasteiger partial charge is 0.0949 e. The van der Waals surface area contributed by atoms with Crippen LogP contribution in [0.3, 0.4) is 0 Å². The van der Waals surface area contributed by atoms with Crippen molar-refractivity contribution in [2.24, 2.45) is 4.99 Å². The van der Waals surface area contributed by atoms with E-state index in [-0.39, 0.29) is 0 Å². The van der Waals surface area contributed by atoms with Gasteiger partial charge in [-0.2, -0.15) is 0 Å². The van der Waals surface area contributed by atoms with Crippen LogP contribution in [-0.4, -0.2) is 29.5 Å². The molecule has 0 fully saturated rings. The molecule has 0 unspecified atom stereocenters. The third-order valence-electron chi connectivity index (χ3n) is 6.34. The summed E-state index contributed by atoms with van der Waals surface area (Å²) in [4.78, 5) is 4.78. The Hall–Kier alpha value is -0.180. The molecule has 192 valence electrons. The lowest BCUT2D eigenvalue weighted by atomic mass is 10.1. The Morgan fingerprint density at radius 3 is 1.41 bits per heavy atom. The van der Waals surface area contributed by atoms with Crippen LogP contribution in [0.15, 0.2) is 4.99 Å². The molecule has 0 aliphatic heterocycles. The van der Waals surface area contributed by atoms with Gasteiger partial charge in [0.05, 0.1) is 6.34 Å². The first-order valence-corrected chi connectivity index (χ1v) is 15.7. The maximum Gasteiger partial charge on any atom is 0.0949 e. The molecule has 0 aromatic heterocycles. The van der Waals surface area contributed by atoms with Crippen LogP contribution in [0.2, 0.25) is 0 Å². The zero-order valence-corrected chi connectivity index (χ0v) is 23.4. The zero-order valence-electron chi connectivity index (χ0n) is 22.6. The van der Waals surface area contributed by atoms with Crippen LogP contribution in [0.25, 0.3) is 0 Å². The Bertz CT molecular complexity index is 359. The van der Waals surface area contributed by atoms with Gasteiger partial charge in [-0.15, -0.1) is 0 Å². The predicted octanol–water partition coefficient (Wildman–Crippen LogP) is 10.6. The Morgan fingerprint density at radius 1 is 0.500 bits per heavy atom. The van der Waals surface area contributed by atoms with Gasteiger partial charge < -0.3 is 4.31 Å². The van der Waals surface area contributed by atoms with Gasteiger partial charge in [-0.1, -0.05) is 143 Å². The van der Waals surface area contributed by atoms with Crippen molar-refractivity contribution in [3.05, 3.63) is 0 Å². The Kier molecular flexibility index (Phi) is 28.7. The lowest BCUT2D eigenvalue weighted by Crippen LogP contribution is -2.16. The third-order valence-corrected chi connectivity index (χ3v) is 7.42. The van der Waals surface area contributed by atoms with Gasteiger partial charge in [0.2, 0.25) is 0 Å². The number of hydrogen-bond acceptors (Lipinski definition) is 2. The van der Waals surface area contributed by atoms with Crippen LogP contribution in [0.4, 0.5) is 0 Å². The van der Waals surface area contributed by atoms with Crippen molar-refractivity contribution >= 4 is 18.3 Å². The molecule has 0 aromatic carbocycles. The van der Waals surface area contributed by atoms with E-state index in [4.69, 9.17) is 4.99 Å². The first-order valence-electron chi connectivity index (χ1n) is 14.7. The van der Waals surface area contributed by atoms with E-state index in [0.29, 0.717) is 0 Å². The molecule has 2 nitrogen and oxygen atoms in total. The van der Waals surface area contributed by atoms with E-state index in [2.05, 4.69) is 31.4 Å². The second-order valence-corrected chi connectivity index (χ2v) is 10.8. The maximum atomic E-state index is 4.78. The van der Waals surface area contributed by atoms with E-state index in [1.807, 2.05) is 11.9 Å². The molecule has 0 spiro atoms. The van der Waals surface area contributed by atoms with Crippen molar-refractivity contribution in [3.63, 3.8) is 0 Å². The zero-order chi connectivity index (χ0) is 23.4. The quantitative estimate of drug-likeness (QED) is 0.0515. The molecular weight excluding hydrogens is 408 g/mol. The van der Waals surface area contributed by atoms with Gasteiger partial charge in [0, 0.05) is 18.8 Å². The summed E-state index contributed by atoms with van der Waals surface area (Å²) in [5, 5.41) is 0. The van der Waals surface area contributed by atoms with E-state index in [1.165, 1.54) is 154 Å². The molecule has 0 bridgehead atoms. The van der Waals surface area contributed by atoms with Gasteiger partial charge in [0.15, 0.2) is 0 Å². The number of rotatable bonds is 27. The van der Waals surface area contributed by atoms with Crippen LogP contribution in [0.5, 0.6) is 0 Å². The Labute approximate surface area is 208 Å². The SMILES string of the molecule is CCCCCCCCCCSN(C=NCCCCCCCCC)CCCCCCCCC. The standard InChI is InChI=1S/C29H60N2S/c1-4-7-10-13-16-19-22-25-28-32-31(27-24-21-18-15-12-9-6-3)29-30-26-23-20-17-14-11-8-5-2/h29H,4-28H2,1-3H3. The minimum absolute atomic E-state index is 1.01. The Morgan fingerprint density at radius 2 is 0.906 bits per heavy atom. The van der Waals surface area contributed by atoms with Crippen molar-refractivity contribution in [2.75, 3.05) is 18.8 Å². The fraction of sp³-hybridized carbons (Fsp3) is 0.966. The summed E-state index contributed by atoms with van der Waals surface area (Å²) >= 11 is 2.03. The fourth-order valence-electron chi connectivity index (χ4n) is 4.11. The predicted molar refractivity (Wildman–Crippen MR) is 151 cm³/mol. The molecule has 0 amide bonds. The Balaban J connectivity index is 3.93. The highest BCUT2D eigenvalue weighted by Crippen LogP contribution is 2.16.